The molecule has 3 aromatic rings. The van der Waals surface area contributed by atoms with Gasteiger partial charge in [0.2, 0.25) is 10.0 Å². The number of hydrogen-bond donors (Lipinski definition) is 2. The van der Waals surface area contributed by atoms with E-state index in [0.29, 0.717) is 43.3 Å². The normalized spacial score (nSPS) is 14.0. The number of nitrogens with one attached hydrogen (secondary N) is 1. The number of anilines is 1. The molecular formula is C23H23FN4O5S. The SMILES string of the molecule is NS(=O)(=O)c1ccc(N2CCOCC2)c(C(=O)NCc2ccc(Oc3cccnc3)c(F)c2)c1. The fraction of sp³-hybridized carbons (Fsp3) is 0.217. The van der Waals surface area contributed by atoms with Crippen LogP contribution in [0.4, 0.5) is 10.1 Å². The molecule has 34 heavy (non-hydrogen) atoms. The molecule has 2 heterocycles. The first-order chi connectivity index (χ1) is 16.3. The number of nitrogens with two attached hydrogens (primary N) is 1. The lowest BCUT2D eigenvalue weighted by atomic mass is 10.1. The second kappa shape index (κ2) is 10.2. The quantitative estimate of drug-likeness (QED) is 0.526. The lowest BCUT2D eigenvalue weighted by Gasteiger charge is -2.30. The van der Waals surface area contributed by atoms with Crippen molar-refractivity contribution in [2.24, 2.45) is 5.14 Å². The van der Waals surface area contributed by atoms with Gasteiger partial charge in [0.15, 0.2) is 11.6 Å². The lowest BCUT2D eigenvalue weighted by Crippen LogP contribution is -2.38. The van der Waals surface area contributed by atoms with E-state index in [1.54, 1.807) is 30.5 Å². The zero-order chi connectivity index (χ0) is 24.1. The van der Waals surface area contributed by atoms with E-state index < -0.39 is 21.7 Å². The molecule has 9 nitrogen and oxygen atoms in total. The zero-order valence-corrected chi connectivity index (χ0v) is 18.9. The third kappa shape index (κ3) is 5.68. The first kappa shape index (κ1) is 23.6. The number of morpholine rings is 1. The minimum absolute atomic E-state index is 0.0189. The predicted octanol–water partition coefficient (Wildman–Crippen LogP) is 2.43. The summed E-state index contributed by atoms with van der Waals surface area (Å²) in [6.07, 6.45) is 3.05. The fourth-order valence-electron chi connectivity index (χ4n) is 3.50. The molecule has 1 fully saturated rings. The Morgan fingerprint density at radius 2 is 1.97 bits per heavy atom. The van der Waals surface area contributed by atoms with Crippen LogP contribution < -0.4 is 20.1 Å². The summed E-state index contributed by atoms with van der Waals surface area (Å²) >= 11 is 0. The number of hydrogen-bond acceptors (Lipinski definition) is 7. The Kier molecular flexibility index (Phi) is 7.06. The molecule has 1 aromatic heterocycles. The van der Waals surface area contributed by atoms with Gasteiger partial charge >= 0.3 is 0 Å². The lowest BCUT2D eigenvalue weighted by molar-refractivity contribution is 0.0949. The number of carbonyl (C=O) groups is 1. The predicted molar refractivity (Wildman–Crippen MR) is 123 cm³/mol. The number of carbonyl (C=O) groups excluding carboxylic acids is 1. The number of amides is 1. The van der Waals surface area contributed by atoms with Gasteiger partial charge < -0.3 is 19.7 Å². The van der Waals surface area contributed by atoms with Crippen LogP contribution in [0, 0.1) is 5.82 Å². The summed E-state index contributed by atoms with van der Waals surface area (Å²) < 4.78 is 49.0. The van der Waals surface area contributed by atoms with Gasteiger partial charge in [-0.15, -0.1) is 0 Å². The Morgan fingerprint density at radius 3 is 2.65 bits per heavy atom. The fourth-order valence-corrected chi connectivity index (χ4v) is 4.04. The van der Waals surface area contributed by atoms with Gasteiger partial charge in [-0.25, -0.2) is 17.9 Å². The number of halogens is 1. The van der Waals surface area contributed by atoms with Gasteiger partial charge in [0, 0.05) is 31.5 Å². The van der Waals surface area contributed by atoms with Crippen LogP contribution in [0.15, 0.2) is 65.8 Å². The number of primary sulfonamides is 1. The number of nitrogens with zero attached hydrogens (tertiary/aromatic N) is 2. The van der Waals surface area contributed by atoms with E-state index in [1.165, 1.54) is 30.5 Å². The highest BCUT2D eigenvalue weighted by Gasteiger charge is 2.22. The molecule has 0 radical (unpaired) electrons. The van der Waals surface area contributed by atoms with E-state index in [1.807, 2.05) is 4.90 Å². The third-order valence-electron chi connectivity index (χ3n) is 5.20. The molecular weight excluding hydrogens is 463 g/mol. The Balaban J connectivity index is 1.51. The number of benzene rings is 2. The van der Waals surface area contributed by atoms with E-state index in [4.69, 9.17) is 14.6 Å². The van der Waals surface area contributed by atoms with Crippen molar-refractivity contribution < 1.29 is 27.1 Å². The first-order valence-electron chi connectivity index (χ1n) is 10.5. The molecule has 11 heteroatoms. The second-order valence-electron chi connectivity index (χ2n) is 7.56. The summed E-state index contributed by atoms with van der Waals surface area (Å²) in [5.74, 6) is -0.685. The second-order valence-corrected chi connectivity index (χ2v) is 9.12. The van der Waals surface area contributed by atoms with E-state index in [9.17, 15) is 17.6 Å². The van der Waals surface area contributed by atoms with Crippen molar-refractivity contribution in [1.29, 1.82) is 0 Å². The van der Waals surface area contributed by atoms with E-state index in [-0.39, 0.29) is 22.8 Å². The maximum Gasteiger partial charge on any atom is 0.253 e. The monoisotopic (exact) mass is 486 g/mol. The highest BCUT2D eigenvalue weighted by molar-refractivity contribution is 7.89. The zero-order valence-electron chi connectivity index (χ0n) is 18.1. The minimum Gasteiger partial charge on any atom is -0.453 e. The molecule has 1 amide bonds. The van der Waals surface area contributed by atoms with Crippen molar-refractivity contribution in [3.05, 3.63) is 77.9 Å². The molecule has 1 aliphatic heterocycles. The molecule has 0 saturated carbocycles. The van der Waals surface area contributed by atoms with Crippen LogP contribution >= 0.6 is 0 Å². The van der Waals surface area contributed by atoms with Gasteiger partial charge in [-0.3, -0.25) is 9.78 Å². The average Bonchev–Trinajstić information content (AvgIpc) is 2.84. The van der Waals surface area contributed by atoms with Gasteiger partial charge in [-0.1, -0.05) is 6.07 Å². The molecule has 0 spiro atoms. The molecule has 1 aliphatic rings. The van der Waals surface area contributed by atoms with Crippen LogP contribution in [-0.2, 0) is 21.3 Å². The molecule has 3 N–H and O–H groups in total. The highest BCUT2D eigenvalue weighted by Crippen LogP contribution is 2.26. The third-order valence-corrected chi connectivity index (χ3v) is 6.12. The molecule has 4 rings (SSSR count). The Labute approximate surface area is 196 Å². The van der Waals surface area contributed by atoms with E-state index in [2.05, 4.69) is 10.3 Å². The van der Waals surface area contributed by atoms with E-state index in [0.717, 1.165) is 0 Å². The van der Waals surface area contributed by atoms with Crippen LogP contribution in [0.25, 0.3) is 0 Å². The Bertz CT molecular complexity index is 1280. The summed E-state index contributed by atoms with van der Waals surface area (Å²) in [5, 5.41) is 7.97. The van der Waals surface area contributed by atoms with Crippen LogP contribution in [0.2, 0.25) is 0 Å². The standard InChI is InChI=1S/C23H23FN4O5S/c24-20-12-16(3-6-22(20)33-17-2-1-7-26-15-17)14-27-23(29)19-13-18(34(25,30)31)4-5-21(19)28-8-10-32-11-9-28/h1-7,12-13,15H,8-11,14H2,(H,27,29)(H2,25,30,31). The van der Waals surface area contributed by atoms with Crippen molar-refractivity contribution in [2.75, 3.05) is 31.2 Å². The van der Waals surface area contributed by atoms with Crippen molar-refractivity contribution in [2.45, 2.75) is 11.4 Å². The van der Waals surface area contributed by atoms with Gasteiger partial charge in [-0.05, 0) is 48.0 Å². The van der Waals surface area contributed by atoms with Gasteiger partial charge in [0.1, 0.15) is 5.75 Å². The largest absolute Gasteiger partial charge is 0.453 e. The molecule has 0 unspecified atom stereocenters. The van der Waals surface area contributed by atoms with Crippen LogP contribution in [0.3, 0.4) is 0 Å². The van der Waals surface area contributed by atoms with Gasteiger partial charge in [0.05, 0.1) is 29.9 Å². The highest BCUT2D eigenvalue weighted by atomic mass is 32.2. The summed E-state index contributed by atoms with van der Waals surface area (Å²) in [6, 6.07) is 11.9. The maximum atomic E-state index is 14.5. The summed E-state index contributed by atoms with van der Waals surface area (Å²) in [5.41, 5.74) is 1.23. The average molecular weight is 487 g/mol. The number of aromatic nitrogens is 1. The van der Waals surface area contributed by atoms with E-state index >= 15 is 0 Å². The van der Waals surface area contributed by atoms with Crippen LogP contribution in [-0.4, -0.2) is 45.6 Å². The van der Waals surface area contributed by atoms with Gasteiger partial charge in [0.25, 0.3) is 5.91 Å². The molecule has 0 atom stereocenters. The van der Waals surface area contributed by atoms with Gasteiger partial charge in [-0.2, -0.15) is 0 Å². The number of sulfonamides is 1. The minimum atomic E-state index is -4.00. The maximum absolute atomic E-state index is 14.5. The molecule has 1 saturated heterocycles. The Hall–Kier alpha value is -3.54. The van der Waals surface area contributed by atoms with Crippen molar-refractivity contribution in [3.63, 3.8) is 0 Å². The number of rotatable bonds is 7. The van der Waals surface area contributed by atoms with Crippen molar-refractivity contribution in [3.8, 4) is 11.5 Å². The smallest absolute Gasteiger partial charge is 0.253 e. The molecule has 2 aromatic carbocycles. The summed E-state index contributed by atoms with van der Waals surface area (Å²) in [7, 11) is -4.00. The van der Waals surface area contributed by atoms with Crippen molar-refractivity contribution >= 4 is 21.6 Å². The number of pyridine rings is 1. The number of ether oxygens (including phenoxy) is 2. The Morgan fingerprint density at radius 1 is 1.18 bits per heavy atom. The van der Waals surface area contributed by atoms with Crippen LogP contribution in [0.5, 0.6) is 11.5 Å². The molecule has 0 bridgehead atoms. The molecule has 0 aliphatic carbocycles. The molecule has 178 valence electrons. The topological polar surface area (TPSA) is 124 Å². The first-order valence-corrected chi connectivity index (χ1v) is 12.0. The summed E-state index contributed by atoms with van der Waals surface area (Å²) in [4.78, 5) is 18.7. The summed E-state index contributed by atoms with van der Waals surface area (Å²) in [6.45, 7) is 2.11. The van der Waals surface area contributed by atoms with Crippen LogP contribution in [0.1, 0.15) is 15.9 Å². The van der Waals surface area contributed by atoms with Crippen molar-refractivity contribution in [1.82, 2.24) is 10.3 Å².